The third kappa shape index (κ3) is 4.35. The number of hydrogen-bond acceptors (Lipinski definition) is 4. The number of nitriles is 1. The third-order valence-corrected chi connectivity index (χ3v) is 4.96. The van der Waals surface area contributed by atoms with Crippen molar-refractivity contribution in [3.05, 3.63) is 89.7 Å². The number of benzene rings is 2. The molecule has 0 spiro atoms. The molecule has 0 aliphatic heterocycles. The van der Waals surface area contributed by atoms with Crippen molar-refractivity contribution in [3.8, 4) is 6.07 Å². The fraction of sp³-hybridized carbons (Fsp3) is 0. The lowest BCUT2D eigenvalue weighted by Gasteiger charge is -2.08. The quantitative estimate of drug-likeness (QED) is 0.746. The Kier molecular flexibility index (Phi) is 5.11. The molecule has 3 rings (SSSR count). The summed E-state index contributed by atoms with van der Waals surface area (Å²) in [6.07, 6.45) is 5.43. The fourth-order valence-electron chi connectivity index (χ4n) is 2.28. The van der Waals surface area contributed by atoms with E-state index in [2.05, 4.69) is 9.71 Å². The molecular formula is C20H15N3O2S. The molecule has 3 aromatic rings. The lowest BCUT2D eigenvalue weighted by molar-refractivity contribution is 0.601. The smallest absolute Gasteiger partial charge is 0.261 e. The maximum absolute atomic E-state index is 12.5. The highest BCUT2D eigenvalue weighted by atomic mass is 32.2. The first-order valence-corrected chi connectivity index (χ1v) is 9.27. The van der Waals surface area contributed by atoms with Gasteiger partial charge in [0.15, 0.2) is 0 Å². The molecule has 0 atom stereocenters. The van der Waals surface area contributed by atoms with Crippen LogP contribution in [0.25, 0.3) is 12.2 Å². The highest BCUT2D eigenvalue weighted by Gasteiger charge is 2.14. The molecule has 1 N–H and O–H groups in total. The minimum Gasteiger partial charge on any atom is -0.280 e. The van der Waals surface area contributed by atoms with Gasteiger partial charge in [-0.25, -0.2) is 8.42 Å². The fourth-order valence-corrected chi connectivity index (χ4v) is 3.33. The zero-order valence-corrected chi connectivity index (χ0v) is 14.5. The highest BCUT2D eigenvalue weighted by molar-refractivity contribution is 7.92. The van der Waals surface area contributed by atoms with Crippen LogP contribution in [0.1, 0.15) is 16.8 Å². The van der Waals surface area contributed by atoms with Crippen LogP contribution in [0.3, 0.4) is 0 Å². The monoisotopic (exact) mass is 361 g/mol. The molecule has 0 aliphatic rings. The number of nitrogens with one attached hydrogen (secondary N) is 1. The van der Waals surface area contributed by atoms with E-state index in [1.165, 1.54) is 24.3 Å². The molecule has 6 heteroatoms. The Morgan fingerprint density at radius 3 is 2.46 bits per heavy atom. The summed E-state index contributed by atoms with van der Waals surface area (Å²) in [6, 6.07) is 20.4. The Bertz CT molecular complexity index is 1070. The Labute approximate surface area is 152 Å². The van der Waals surface area contributed by atoms with Crippen LogP contribution in [0.2, 0.25) is 0 Å². The zero-order valence-electron chi connectivity index (χ0n) is 13.7. The van der Waals surface area contributed by atoms with E-state index in [0.717, 1.165) is 11.3 Å². The predicted molar refractivity (Wildman–Crippen MR) is 102 cm³/mol. The van der Waals surface area contributed by atoms with Gasteiger partial charge in [0.1, 0.15) is 0 Å². The van der Waals surface area contributed by atoms with E-state index < -0.39 is 10.0 Å². The summed E-state index contributed by atoms with van der Waals surface area (Å²) >= 11 is 0. The summed E-state index contributed by atoms with van der Waals surface area (Å²) in [5.41, 5.74) is 2.52. The van der Waals surface area contributed by atoms with Crippen LogP contribution in [0.15, 0.2) is 77.8 Å². The molecule has 128 valence electrons. The van der Waals surface area contributed by atoms with E-state index in [4.69, 9.17) is 5.26 Å². The molecule has 26 heavy (non-hydrogen) atoms. The van der Waals surface area contributed by atoms with Crippen molar-refractivity contribution in [3.63, 3.8) is 0 Å². The van der Waals surface area contributed by atoms with Crippen LogP contribution in [0.5, 0.6) is 0 Å². The Hall–Kier alpha value is -3.43. The summed E-state index contributed by atoms with van der Waals surface area (Å²) in [5.74, 6) is 0. The van der Waals surface area contributed by atoms with Crippen molar-refractivity contribution in [2.75, 3.05) is 4.72 Å². The third-order valence-electron chi connectivity index (χ3n) is 3.57. The molecule has 1 aromatic heterocycles. The summed E-state index contributed by atoms with van der Waals surface area (Å²) in [6.45, 7) is 0. The summed E-state index contributed by atoms with van der Waals surface area (Å²) in [4.78, 5) is 4.31. The normalized spacial score (nSPS) is 11.2. The van der Waals surface area contributed by atoms with E-state index in [1.54, 1.807) is 24.4 Å². The lowest BCUT2D eigenvalue weighted by atomic mass is 10.2. The maximum atomic E-state index is 12.5. The summed E-state index contributed by atoms with van der Waals surface area (Å²) in [7, 11) is -3.72. The van der Waals surface area contributed by atoms with Gasteiger partial charge in [0.2, 0.25) is 0 Å². The lowest BCUT2D eigenvalue weighted by Crippen LogP contribution is -2.12. The molecule has 0 unspecified atom stereocenters. The van der Waals surface area contributed by atoms with Crippen molar-refractivity contribution in [1.29, 1.82) is 5.26 Å². The van der Waals surface area contributed by atoms with Gasteiger partial charge in [0.05, 0.1) is 22.2 Å². The number of nitrogens with zero attached hydrogens (tertiary/aromatic N) is 2. The van der Waals surface area contributed by atoms with Crippen molar-refractivity contribution in [2.45, 2.75) is 4.90 Å². The second kappa shape index (κ2) is 7.64. The molecule has 1 heterocycles. The minimum atomic E-state index is -3.72. The summed E-state index contributed by atoms with van der Waals surface area (Å²) in [5, 5.41) is 8.80. The minimum absolute atomic E-state index is 0.103. The SMILES string of the molecule is N#Cc1ccc(S(=O)(=O)Nc2cccc(/C=C/c3ccccn3)c2)cc1. The number of sulfonamides is 1. The van der Waals surface area contributed by atoms with Gasteiger partial charge in [0, 0.05) is 11.9 Å². The van der Waals surface area contributed by atoms with E-state index >= 15 is 0 Å². The van der Waals surface area contributed by atoms with Crippen LogP contribution >= 0.6 is 0 Å². The van der Waals surface area contributed by atoms with E-state index in [9.17, 15) is 8.42 Å². The maximum Gasteiger partial charge on any atom is 0.261 e. The van der Waals surface area contributed by atoms with Gasteiger partial charge in [-0.3, -0.25) is 9.71 Å². The standard InChI is InChI=1S/C20H15N3O2S/c21-15-17-8-11-20(12-9-17)26(24,25)23-19-6-3-4-16(14-19)7-10-18-5-1-2-13-22-18/h1-14,23H/b10-7+. The average Bonchev–Trinajstić information content (AvgIpc) is 2.67. The van der Waals surface area contributed by atoms with E-state index in [-0.39, 0.29) is 4.90 Å². The Morgan fingerprint density at radius 2 is 1.77 bits per heavy atom. The first kappa shape index (κ1) is 17.4. The molecule has 0 amide bonds. The van der Waals surface area contributed by atoms with Gasteiger partial charge in [-0.2, -0.15) is 5.26 Å². The Morgan fingerprint density at radius 1 is 0.962 bits per heavy atom. The number of anilines is 1. The van der Waals surface area contributed by atoms with Gasteiger partial charge in [0.25, 0.3) is 10.0 Å². The Balaban J connectivity index is 1.79. The van der Waals surface area contributed by atoms with Crippen LogP contribution in [-0.4, -0.2) is 13.4 Å². The van der Waals surface area contributed by atoms with Crippen LogP contribution in [0.4, 0.5) is 5.69 Å². The molecule has 2 aromatic carbocycles. The molecule has 0 bridgehead atoms. The number of aromatic nitrogens is 1. The number of hydrogen-bond donors (Lipinski definition) is 1. The molecule has 0 aliphatic carbocycles. The molecule has 0 fully saturated rings. The van der Waals surface area contributed by atoms with Crippen molar-refractivity contribution < 1.29 is 8.42 Å². The molecule has 5 nitrogen and oxygen atoms in total. The molecule has 0 radical (unpaired) electrons. The van der Waals surface area contributed by atoms with Gasteiger partial charge in [-0.15, -0.1) is 0 Å². The van der Waals surface area contributed by atoms with E-state index in [1.807, 2.05) is 42.5 Å². The predicted octanol–water partition coefficient (Wildman–Crippen LogP) is 3.92. The van der Waals surface area contributed by atoms with Gasteiger partial charge in [-0.05, 0) is 60.2 Å². The van der Waals surface area contributed by atoms with Gasteiger partial charge >= 0.3 is 0 Å². The second-order valence-corrected chi connectivity index (χ2v) is 7.14. The summed E-state index contributed by atoms with van der Waals surface area (Å²) < 4.78 is 27.5. The largest absolute Gasteiger partial charge is 0.280 e. The second-order valence-electron chi connectivity index (χ2n) is 5.46. The van der Waals surface area contributed by atoms with Crippen LogP contribution in [-0.2, 0) is 10.0 Å². The number of rotatable bonds is 5. The van der Waals surface area contributed by atoms with Gasteiger partial charge < -0.3 is 0 Å². The number of pyridine rings is 1. The van der Waals surface area contributed by atoms with E-state index in [0.29, 0.717) is 11.3 Å². The highest BCUT2D eigenvalue weighted by Crippen LogP contribution is 2.18. The topological polar surface area (TPSA) is 82.8 Å². The average molecular weight is 361 g/mol. The molecule has 0 saturated carbocycles. The van der Waals surface area contributed by atoms with Gasteiger partial charge in [-0.1, -0.05) is 24.3 Å². The van der Waals surface area contributed by atoms with Crippen molar-refractivity contribution in [2.24, 2.45) is 0 Å². The van der Waals surface area contributed by atoms with Crippen molar-refractivity contribution >= 4 is 27.9 Å². The molecule has 0 saturated heterocycles. The first-order valence-electron chi connectivity index (χ1n) is 7.79. The van der Waals surface area contributed by atoms with Crippen LogP contribution < -0.4 is 4.72 Å². The zero-order chi connectivity index (χ0) is 18.4. The van der Waals surface area contributed by atoms with Crippen molar-refractivity contribution in [1.82, 2.24) is 4.98 Å². The first-order chi connectivity index (χ1) is 12.6. The van der Waals surface area contributed by atoms with Crippen LogP contribution in [0, 0.1) is 11.3 Å². The molecular weight excluding hydrogens is 346 g/mol.